The van der Waals surface area contributed by atoms with Gasteiger partial charge in [-0.2, -0.15) is 0 Å². The van der Waals surface area contributed by atoms with Gasteiger partial charge in [-0.05, 0) is 23.2 Å². The number of pyridine rings is 2. The Kier molecular flexibility index (Phi) is 10.1. The third-order valence-corrected chi connectivity index (χ3v) is 5.41. The fourth-order valence-corrected chi connectivity index (χ4v) is 2.96. The molecule has 0 spiro atoms. The molecule has 4 nitrogen and oxygen atoms in total. The first-order valence-electron chi connectivity index (χ1n) is 11.7. The number of hydrogen-bond donors (Lipinski definition) is 1. The van der Waals surface area contributed by atoms with Crippen LogP contribution in [0.3, 0.4) is 0 Å². The van der Waals surface area contributed by atoms with Crippen LogP contribution in [0.1, 0.15) is 73.4 Å². The van der Waals surface area contributed by atoms with Crippen LogP contribution in [-0.2, 0) is 30.3 Å². The number of carbonyl (C=O) groups is 1. The minimum absolute atomic E-state index is 0. The van der Waals surface area contributed by atoms with Gasteiger partial charge in [0.1, 0.15) is 5.76 Å². The summed E-state index contributed by atoms with van der Waals surface area (Å²) in [6.07, 6.45) is 5.03. The van der Waals surface area contributed by atoms with E-state index in [9.17, 15) is 9.90 Å². The van der Waals surface area contributed by atoms with Crippen molar-refractivity contribution < 1.29 is 30.0 Å². The minimum Gasteiger partial charge on any atom is -0.512 e. The second-order valence-electron chi connectivity index (χ2n) is 11.9. The zero-order chi connectivity index (χ0) is 25.9. The van der Waals surface area contributed by atoms with E-state index >= 15 is 0 Å². The van der Waals surface area contributed by atoms with Crippen LogP contribution in [0.25, 0.3) is 22.2 Å². The molecule has 35 heavy (non-hydrogen) atoms. The molecule has 5 heteroatoms. The van der Waals surface area contributed by atoms with Gasteiger partial charge in [-0.1, -0.05) is 75.3 Å². The molecule has 0 aliphatic carbocycles. The quantitative estimate of drug-likeness (QED) is 0.175. The number of aliphatic hydroxyl groups is 1. The van der Waals surface area contributed by atoms with Crippen molar-refractivity contribution in [3.8, 4) is 11.3 Å². The summed E-state index contributed by atoms with van der Waals surface area (Å²) in [6, 6.07) is 13.8. The van der Waals surface area contributed by atoms with Crippen molar-refractivity contribution in [3.05, 3.63) is 71.8 Å². The van der Waals surface area contributed by atoms with Crippen LogP contribution in [0.15, 0.2) is 54.6 Å². The number of fused-ring (bicyclic) bond motifs is 1. The van der Waals surface area contributed by atoms with Crippen LogP contribution < -0.4 is 0 Å². The fourth-order valence-electron chi connectivity index (χ4n) is 2.96. The van der Waals surface area contributed by atoms with Crippen molar-refractivity contribution in [2.75, 3.05) is 0 Å². The largest absolute Gasteiger partial charge is 0.512 e. The van der Waals surface area contributed by atoms with Gasteiger partial charge in [0.05, 0.1) is 5.52 Å². The van der Waals surface area contributed by atoms with Crippen molar-refractivity contribution in [1.29, 1.82) is 0 Å². The molecule has 2 aromatic heterocycles. The maximum absolute atomic E-state index is 11.5. The number of carbonyl (C=O) groups excluding carboxylic acids is 1. The number of allylic oxidation sites excluding steroid dienone is 2. The Hall–Kier alpha value is -2.36. The van der Waals surface area contributed by atoms with Crippen molar-refractivity contribution in [1.82, 2.24) is 9.97 Å². The molecule has 0 unspecified atom stereocenters. The third-order valence-electron chi connectivity index (χ3n) is 5.41. The molecule has 0 aliphatic heterocycles. The molecule has 1 aromatic carbocycles. The summed E-state index contributed by atoms with van der Waals surface area (Å²) in [5.74, 6) is 0.104. The zero-order valence-electron chi connectivity index (χ0n) is 22.7. The van der Waals surface area contributed by atoms with Crippen LogP contribution in [-0.4, -0.2) is 20.9 Å². The zero-order valence-corrected chi connectivity index (χ0v) is 25.1. The third kappa shape index (κ3) is 8.98. The van der Waals surface area contributed by atoms with Gasteiger partial charge in [-0.25, -0.2) is 0 Å². The van der Waals surface area contributed by atoms with Crippen LogP contribution in [0.5, 0.6) is 0 Å². The van der Waals surface area contributed by atoms with Crippen LogP contribution in [0.2, 0.25) is 0 Å². The molecule has 191 valence electrons. The maximum Gasteiger partial charge on any atom is 0.164 e. The number of nitrogens with zero attached hydrogens (tertiary/aromatic N) is 2. The van der Waals surface area contributed by atoms with Crippen molar-refractivity contribution in [2.24, 2.45) is 10.8 Å². The van der Waals surface area contributed by atoms with E-state index in [1.165, 1.54) is 11.6 Å². The number of aliphatic hydroxyl groups excluding tert-OH is 1. The Bertz CT molecular complexity index is 1190. The average Bonchev–Trinajstić information content (AvgIpc) is 2.71. The van der Waals surface area contributed by atoms with Gasteiger partial charge in [-0.3, -0.25) is 9.78 Å². The van der Waals surface area contributed by atoms with E-state index in [4.69, 9.17) is 0 Å². The molecule has 0 amide bonds. The van der Waals surface area contributed by atoms with Gasteiger partial charge in [0.15, 0.2) is 5.78 Å². The van der Waals surface area contributed by atoms with Gasteiger partial charge >= 0.3 is 0 Å². The molecule has 0 saturated carbocycles. The summed E-state index contributed by atoms with van der Waals surface area (Å²) in [7, 11) is 0. The molecule has 0 saturated heterocycles. The van der Waals surface area contributed by atoms with E-state index in [0.717, 1.165) is 27.7 Å². The predicted molar refractivity (Wildman–Crippen MR) is 142 cm³/mol. The van der Waals surface area contributed by atoms with Crippen molar-refractivity contribution >= 4 is 16.7 Å². The molecule has 0 atom stereocenters. The monoisotopic (exact) mass is 652 g/mol. The van der Waals surface area contributed by atoms with E-state index in [-0.39, 0.29) is 42.5 Å². The standard InChI is InChI=1S/C19H19N2.C11H20O2.Ir/c1-13-8-15(10-16(9-13)19(2,3)4)18-11-17-14(12-21-18)6-5-7-20-17;1-10(2,3)8(12)7-9(13)11(4,5)6;/h5-7,9-12H,1-4H3;7,12H,1-6H3;/q-1;;/b;8-7-;. The smallest absolute Gasteiger partial charge is 0.164 e. The summed E-state index contributed by atoms with van der Waals surface area (Å²) < 4.78 is 0. The normalized spacial score (nSPS) is 12.5. The van der Waals surface area contributed by atoms with Gasteiger partial charge in [0.25, 0.3) is 0 Å². The summed E-state index contributed by atoms with van der Waals surface area (Å²) in [5, 5.41) is 10.6. The Morgan fingerprint density at radius 3 is 2.11 bits per heavy atom. The van der Waals surface area contributed by atoms with E-state index in [1.807, 2.05) is 72.1 Å². The van der Waals surface area contributed by atoms with Crippen molar-refractivity contribution in [3.63, 3.8) is 0 Å². The Labute approximate surface area is 224 Å². The van der Waals surface area contributed by atoms with Gasteiger partial charge in [0.2, 0.25) is 0 Å². The van der Waals surface area contributed by atoms with E-state index < -0.39 is 5.41 Å². The Balaban J connectivity index is 0.000000383. The van der Waals surface area contributed by atoms with Gasteiger partial charge in [0, 0.05) is 54.8 Å². The predicted octanol–water partition coefficient (Wildman–Crippen LogP) is 7.79. The molecular weight excluding hydrogens is 613 g/mol. The summed E-state index contributed by atoms with van der Waals surface area (Å²) in [4.78, 5) is 20.5. The maximum atomic E-state index is 11.5. The molecule has 0 bridgehead atoms. The first-order valence-corrected chi connectivity index (χ1v) is 11.7. The second kappa shape index (κ2) is 11.6. The molecular formula is C30H39IrN2O2-. The number of rotatable bonds is 2. The molecule has 1 radical (unpaired) electrons. The average molecular weight is 652 g/mol. The van der Waals surface area contributed by atoms with Crippen LogP contribution in [0, 0.1) is 23.8 Å². The summed E-state index contributed by atoms with van der Waals surface area (Å²) in [5.41, 5.74) is 4.72. The topological polar surface area (TPSA) is 63.1 Å². The fraction of sp³-hybridized carbons (Fsp3) is 0.433. The Morgan fingerprint density at radius 1 is 0.943 bits per heavy atom. The molecule has 0 aliphatic rings. The SMILES string of the molecule is CC(C)(C)C(=O)/C=C(\O)C(C)(C)C.Cc1[c-]c(-c2cc3ncccc3cn2)cc(C(C)(C)C)c1.[Ir]. The molecule has 1 N–H and O–H groups in total. The van der Waals surface area contributed by atoms with E-state index in [0.29, 0.717) is 0 Å². The van der Waals surface area contributed by atoms with E-state index in [1.54, 1.807) is 0 Å². The van der Waals surface area contributed by atoms with Crippen LogP contribution in [0.4, 0.5) is 0 Å². The molecule has 3 aromatic rings. The first-order chi connectivity index (χ1) is 15.5. The number of benzene rings is 1. The summed E-state index contributed by atoms with van der Waals surface area (Å²) in [6.45, 7) is 19.9. The number of aryl methyl sites for hydroxylation is 1. The first kappa shape index (κ1) is 30.7. The van der Waals surface area contributed by atoms with Gasteiger partial charge in [-0.15, -0.1) is 34.9 Å². The van der Waals surface area contributed by atoms with Crippen LogP contribution >= 0.6 is 0 Å². The number of hydrogen-bond acceptors (Lipinski definition) is 4. The van der Waals surface area contributed by atoms with Crippen molar-refractivity contribution in [2.45, 2.75) is 74.7 Å². The van der Waals surface area contributed by atoms with E-state index in [2.05, 4.69) is 55.9 Å². The minimum atomic E-state index is -0.417. The summed E-state index contributed by atoms with van der Waals surface area (Å²) >= 11 is 0. The Morgan fingerprint density at radius 2 is 1.57 bits per heavy atom. The molecule has 3 rings (SSSR count). The molecule has 0 fully saturated rings. The molecule has 2 heterocycles. The second-order valence-corrected chi connectivity index (χ2v) is 11.9. The number of aromatic nitrogens is 2. The number of ketones is 1. The van der Waals surface area contributed by atoms with Gasteiger partial charge < -0.3 is 10.1 Å².